The minimum absolute atomic E-state index is 0.0468. The lowest BCUT2D eigenvalue weighted by molar-refractivity contribution is -0.166. The number of rotatable bonds is 5. The van der Waals surface area contributed by atoms with Gasteiger partial charge in [-0.1, -0.05) is 26.3 Å². The molecule has 5 nitrogen and oxygen atoms in total. The van der Waals surface area contributed by atoms with Crippen LogP contribution in [0.4, 0.5) is 0 Å². The van der Waals surface area contributed by atoms with Crippen molar-refractivity contribution in [3.63, 3.8) is 0 Å². The number of hydrogen-bond donors (Lipinski definition) is 0. The van der Waals surface area contributed by atoms with Crippen LogP contribution in [0, 0.1) is 40.4 Å². The zero-order chi connectivity index (χ0) is 23.3. The van der Waals surface area contributed by atoms with Crippen molar-refractivity contribution in [3.8, 4) is 0 Å². The van der Waals surface area contributed by atoms with Crippen LogP contribution in [0.15, 0.2) is 11.6 Å². The summed E-state index contributed by atoms with van der Waals surface area (Å²) in [5.41, 5.74) is 1.47. The Morgan fingerprint density at radius 3 is 2.59 bits per heavy atom. The lowest BCUT2D eigenvalue weighted by Crippen LogP contribution is -2.56. The Morgan fingerprint density at radius 2 is 1.91 bits per heavy atom. The van der Waals surface area contributed by atoms with Gasteiger partial charge in [-0.3, -0.25) is 14.4 Å². The van der Waals surface area contributed by atoms with Crippen LogP contribution < -0.4 is 0 Å². The summed E-state index contributed by atoms with van der Waals surface area (Å²) < 4.78 is 10.8. The molecule has 178 valence electrons. The Labute approximate surface area is 192 Å². The first kappa shape index (κ1) is 23.5. The first-order valence-electron chi connectivity index (χ1n) is 12.6. The first-order chi connectivity index (χ1) is 15.1. The zero-order valence-corrected chi connectivity index (χ0v) is 20.4. The molecule has 4 aliphatic rings. The number of ether oxygens (including phenoxy) is 2. The molecule has 5 heteroatoms. The summed E-state index contributed by atoms with van der Waals surface area (Å²) in [5.74, 6) is 2.26. The Morgan fingerprint density at radius 1 is 1.16 bits per heavy atom. The standard InChI is InChI=1S/C27H40O5/c1-16(6-9-24(30)31-5)20-7-8-21-25-22(11-13-27(20,21)4)26(3)12-10-19(29)14-18(26)15-23(25)32-17(2)28/h14,16,20-23,25H,6-13,15H2,1-5H3/t16-,20-,21+,22+,23-,25+,26+,27-/m1/s1. The van der Waals surface area contributed by atoms with Gasteiger partial charge in [-0.25, -0.2) is 0 Å². The summed E-state index contributed by atoms with van der Waals surface area (Å²) in [6.45, 7) is 8.63. The van der Waals surface area contributed by atoms with Gasteiger partial charge in [-0.15, -0.1) is 0 Å². The van der Waals surface area contributed by atoms with Crippen LogP contribution in [-0.4, -0.2) is 30.9 Å². The van der Waals surface area contributed by atoms with Crippen molar-refractivity contribution in [1.29, 1.82) is 0 Å². The third kappa shape index (κ3) is 3.84. The van der Waals surface area contributed by atoms with Crippen LogP contribution in [-0.2, 0) is 23.9 Å². The fourth-order valence-corrected chi connectivity index (χ4v) is 8.46. The van der Waals surface area contributed by atoms with Gasteiger partial charge in [0.1, 0.15) is 6.10 Å². The smallest absolute Gasteiger partial charge is 0.305 e. The molecule has 0 spiro atoms. The quantitative estimate of drug-likeness (QED) is 0.541. The number of fused-ring (bicyclic) bond motifs is 5. The summed E-state index contributed by atoms with van der Waals surface area (Å²) in [7, 11) is 1.46. The van der Waals surface area contributed by atoms with E-state index in [0.717, 1.165) is 25.7 Å². The van der Waals surface area contributed by atoms with Gasteiger partial charge in [0.25, 0.3) is 0 Å². The van der Waals surface area contributed by atoms with Crippen LogP contribution in [0.3, 0.4) is 0 Å². The number of methoxy groups -OCH3 is 1. The van der Waals surface area contributed by atoms with Gasteiger partial charge in [0.15, 0.2) is 5.78 Å². The van der Waals surface area contributed by atoms with Gasteiger partial charge in [-0.05, 0) is 79.1 Å². The molecule has 0 bridgehead atoms. The SMILES string of the molecule is COC(=O)CC[C@@H](C)[C@H]1CC[C@H]2[C@@H]3[C@H](OC(C)=O)CC4=CC(=O)CC[C@]4(C)[C@H]3CC[C@]12C. The lowest BCUT2D eigenvalue weighted by Gasteiger charge is -2.60. The van der Waals surface area contributed by atoms with Gasteiger partial charge in [0.2, 0.25) is 0 Å². The summed E-state index contributed by atoms with van der Waals surface area (Å²) >= 11 is 0. The zero-order valence-electron chi connectivity index (χ0n) is 20.4. The Hall–Kier alpha value is -1.65. The molecule has 3 fully saturated rings. The van der Waals surface area contributed by atoms with Crippen molar-refractivity contribution < 1.29 is 23.9 Å². The highest BCUT2D eigenvalue weighted by atomic mass is 16.5. The molecule has 4 rings (SSSR count). The third-order valence-corrected chi connectivity index (χ3v) is 10.1. The van der Waals surface area contributed by atoms with Gasteiger partial charge in [0.05, 0.1) is 7.11 Å². The third-order valence-electron chi connectivity index (χ3n) is 10.1. The molecule has 0 aromatic carbocycles. The Bertz CT molecular complexity index is 815. The van der Waals surface area contributed by atoms with Gasteiger partial charge in [-0.2, -0.15) is 0 Å². The van der Waals surface area contributed by atoms with Crippen molar-refractivity contribution in [2.24, 2.45) is 40.4 Å². The van der Waals surface area contributed by atoms with Crippen molar-refractivity contribution in [2.75, 3.05) is 7.11 Å². The Kier molecular flexibility index (Phi) is 6.32. The molecular formula is C27H40O5. The van der Waals surface area contributed by atoms with E-state index < -0.39 is 0 Å². The van der Waals surface area contributed by atoms with Crippen LogP contribution in [0.25, 0.3) is 0 Å². The van der Waals surface area contributed by atoms with Crippen LogP contribution in [0.2, 0.25) is 0 Å². The minimum atomic E-state index is -0.214. The molecule has 3 saturated carbocycles. The average molecular weight is 445 g/mol. The molecule has 0 amide bonds. The number of carbonyl (C=O) groups excluding carboxylic acids is 3. The molecule has 0 saturated heterocycles. The van der Waals surface area contributed by atoms with E-state index in [1.807, 2.05) is 6.08 Å². The topological polar surface area (TPSA) is 69.7 Å². The number of hydrogen-bond acceptors (Lipinski definition) is 5. The van der Waals surface area contributed by atoms with E-state index in [0.29, 0.717) is 48.9 Å². The molecule has 0 aliphatic heterocycles. The number of esters is 2. The number of carbonyl (C=O) groups is 3. The predicted molar refractivity (Wildman–Crippen MR) is 122 cm³/mol. The van der Waals surface area contributed by atoms with E-state index in [9.17, 15) is 14.4 Å². The van der Waals surface area contributed by atoms with E-state index >= 15 is 0 Å². The summed E-state index contributed by atoms with van der Waals surface area (Å²) in [6.07, 6.45) is 10.0. The fraction of sp³-hybridized carbons (Fsp3) is 0.815. The minimum Gasteiger partial charge on any atom is -0.469 e. The molecule has 8 atom stereocenters. The molecule has 0 unspecified atom stereocenters. The largest absolute Gasteiger partial charge is 0.469 e. The molecule has 32 heavy (non-hydrogen) atoms. The molecule has 0 radical (unpaired) electrons. The van der Waals surface area contributed by atoms with Gasteiger partial charge < -0.3 is 9.47 Å². The second-order valence-electron chi connectivity index (χ2n) is 11.5. The molecule has 0 aromatic heterocycles. The van der Waals surface area contributed by atoms with E-state index in [2.05, 4.69) is 20.8 Å². The van der Waals surface area contributed by atoms with Crippen molar-refractivity contribution >= 4 is 17.7 Å². The maximum Gasteiger partial charge on any atom is 0.305 e. The Balaban J connectivity index is 1.62. The summed E-state index contributed by atoms with van der Waals surface area (Å²) in [5, 5.41) is 0. The highest BCUT2D eigenvalue weighted by Crippen LogP contribution is 2.68. The number of ketones is 1. The average Bonchev–Trinajstić information content (AvgIpc) is 3.09. The maximum atomic E-state index is 12.2. The second-order valence-corrected chi connectivity index (χ2v) is 11.5. The highest BCUT2D eigenvalue weighted by Gasteiger charge is 2.62. The molecule has 0 aromatic rings. The van der Waals surface area contributed by atoms with E-state index in [4.69, 9.17) is 9.47 Å². The van der Waals surface area contributed by atoms with E-state index in [-0.39, 0.29) is 34.7 Å². The van der Waals surface area contributed by atoms with Crippen molar-refractivity contribution in [1.82, 2.24) is 0 Å². The van der Waals surface area contributed by atoms with E-state index in [1.165, 1.54) is 32.4 Å². The van der Waals surface area contributed by atoms with Crippen molar-refractivity contribution in [2.45, 2.75) is 91.6 Å². The van der Waals surface area contributed by atoms with E-state index in [1.54, 1.807) is 0 Å². The predicted octanol–water partition coefficient (Wildman–Crippen LogP) is 5.27. The molecular weight excluding hydrogens is 404 g/mol. The lowest BCUT2D eigenvalue weighted by atomic mass is 9.45. The van der Waals surface area contributed by atoms with Crippen LogP contribution >= 0.6 is 0 Å². The van der Waals surface area contributed by atoms with Gasteiger partial charge >= 0.3 is 11.9 Å². The normalized spacial score (nSPS) is 41.6. The molecule has 0 heterocycles. The van der Waals surface area contributed by atoms with Crippen LogP contribution in [0.5, 0.6) is 0 Å². The monoisotopic (exact) mass is 444 g/mol. The highest BCUT2D eigenvalue weighted by molar-refractivity contribution is 5.91. The van der Waals surface area contributed by atoms with Crippen molar-refractivity contribution in [3.05, 3.63) is 11.6 Å². The van der Waals surface area contributed by atoms with Gasteiger partial charge in [0, 0.05) is 32.1 Å². The first-order valence-corrected chi connectivity index (χ1v) is 12.6. The summed E-state index contributed by atoms with van der Waals surface area (Å²) in [6, 6.07) is 0. The molecule has 0 N–H and O–H groups in total. The van der Waals surface area contributed by atoms with Crippen LogP contribution in [0.1, 0.15) is 85.5 Å². The fourth-order valence-electron chi connectivity index (χ4n) is 8.46. The summed E-state index contributed by atoms with van der Waals surface area (Å²) in [4.78, 5) is 36.0. The molecule has 4 aliphatic carbocycles. The maximum absolute atomic E-state index is 12.2. The second kappa shape index (κ2) is 8.61.